The van der Waals surface area contributed by atoms with Gasteiger partial charge in [-0.3, -0.25) is 24.7 Å². The van der Waals surface area contributed by atoms with Crippen LogP contribution < -0.4 is 24.6 Å². The molecule has 9 rings (SSSR count). The van der Waals surface area contributed by atoms with Crippen molar-refractivity contribution in [2.45, 2.75) is 94.3 Å². The van der Waals surface area contributed by atoms with Gasteiger partial charge in [0.25, 0.3) is 21.6 Å². The van der Waals surface area contributed by atoms with Crippen molar-refractivity contribution in [3.8, 4) is 5.75 Å². The maximum atomic E-state index is 13.3. The number of carbonyl (C=O) groups is 1. The number of morpholine rings is 1. The predicted molar refractivity (Wildman–Crippen MR) is 262 cm³/mol. The second-order valence-corrected chi connectivity index (χ2v) is 21.8. The minimum absolute atomic E-state index is 0.174. The Morgan fingerprint density at radius 1 is 0.941 bits per heavy atom. The fourth-order valence-corrected chi connectivity index (χ4v) is 12.3. The van der Waals surface area contributed by atoms with Gasteiger partial charge in [0.05, 0.1) is 35.7 Å². The first-order valence-electron chi connectivity index (χ1n) is 24.2. The maximum absolute atomic E-state index is 13.3. The summed E-state index contributed by atoms with van der Waals surface area (Å²) in [6.07, 6.45) is 9.40. The van der Waals surface area contributed by atoms with E-state index in [0.29, 0.717) is 50.1 Å². The van der Waals surface area contributed by atoms with Crippen LogP contribution in [0.1, 0.15) is 91.4 Å². The monoisotopic (exact) mass is 950 g/mol. The molecule has 364 valence electrons. The zero-order valence-corrected chi connectivity index (χ0v) is 40.4. The molecule has 2 saturated carbocycles. The zero-order valence-electron chi connectivity index (χ0n) is 39.6. The van der Waals surface area contributed by atoms with Crippen LogP contribution in [-0.4, -0.2) is 123 Å². The number of hydrogen-bond donors (Lipinski definition) is 3. The molecule has 0 bridgehead atoms. The molecule has 1 amide bonds. The summed E-state index contributed by atoms with van der Waals surface area (Å²) >= 11 is 0. The number of rotatable bonds is 14. The molecule has 16 nitrogen and oxygen atoms in total. The lowest BCUT2D eigenvalue weighted by atomic mass is 9.59. The van der Waals surface area contributed by atoms with Crippen LogP contribution in [0.25, 0.3) is 0 Å². The van der Waals surface area contributed by atoms with Crippen molar-refractivity contribution < 1.29 is 32.7 Å². The molecule has 68 heavy (non-hydrogen) atoms. The third kappa shape index (κ3) is 10.6. The Morgan fingerprint density at radius 2 is 1.66 bits per heavy atom. The number of piperidine rings is 1. The number of aliphatic hydroxyl groups is 1. The van der Waals surface area contributed by atoms with Crippen LogP contribution in [0.4, 0.5) is 22.9 Å². The molecule has 17 heteroatoms. The first-order valence-corrected chi connectivity index (χ1v) is 25.7. The summed E-state index contributed by atoms with van der Waals surface area (Å²) in [6.45, 7) is 13.0. The summed E-state index contributed by atoms with van der Waals surface area (Å²) in [5.41, 5.74) is 4.45. The van der Waals surface area contributed by atoms with Crippen molar-refractivity contribution in [3.05, 3.63) is 111 Å². The van der Waals surface area contributed by atoms with E-state index in [9.17, 15) is 28.4 Å². The highest BCUT2D eigenvalue weighted by Crippen LogP contribution is 2.53. The number of methoxy groups -OCH3 is 1. The lowest BCUT2D eigenvalue weighted by molar-refractivity contribution is -0.384. The number of nitro groups is 1. The minimum Gasteiger partial charge on any atom is -0.493 e. The van der Waals surface area contributed by atoms with Crippen molar-refractivity contribution in [3.63, 3.8) is 0 Å². The average molecular weight is 951 g/mol. The predicted octanol–water partition coefficient (Wildman–Crippen LogP) is 6.92. The summed E-state index contributed by atoms with van der Waals surface area (Å²) in [5, 5.41) is 25.4. The van der Waals surface area contributed by atoms with Gasteiger partial charge in [0.15, 0.2) is 11.6 Å². The number of aryl methyl sites for hydroxylation is 1. The highest BCUT2D eigenvalue weighted by atomic mass is 32.2. The van der Waals surface area contributed by atoms with Gasteiger partial charge >= 0.3 is 0 Å². The molecule has 3 aliphatic heterocycles. The second kappa shape index (κ2) is 19.9. The number of pyridine rings is 1. The topological polar surface area (TPSA) is 183 Å². The van der Waals surface area contributed by atoms with Crippen LogP contribution >= 0.6 is 0 Å². The highest BCUT2D eigenvalue weighted by Gasteiger charge is 2.50. The van der Waals surface area contributed by atoms with Crippen molar-refractivity contribution in [2.75, 3.05) is 87.8 Å². The summed E-state index contributed by atoms with van der Waals surface area (Å²) in [6, 6.07) is 22.4. The first-order chi connectivity index (χ1) is 32.7. The number of nitro benzene ring substituents is 1. The molecule has 2 aliphatic carbocycles. The fraction of sp³-hybridized carbons (Fsp3) is 0.529. The summed E-state index contributed by atoms with van der Waals surface area (Å²) in [7, 11) is -2.69. The Balaban J connectivity index is 0.778. The van der Waals surface area contributed by atoms with Gasteiger partial charge in [0.1, 0.15) is 5.69 Å². The van der Waals surface area contributed by atoms with Crippen LogP contribution in [0.5, 0.6) is 5.75 Å². The number of ether oxygens (including phenoxy) is 2. The van der Waals surface area contributed by atoms with Crippen LogP contribution in [0, 0.1) is 28.4 Å². The number of sulfonamides is 1. The first kappa shape index (κ1) is 47.7. The van der Waals surface area contributed by atoms with Crippen LogP contribution in [0.2, 0.25) is 0 Å². The molecule has 5 aliphatic rings. The van der Waals surface area contributed by atoms with Gasteiger partial charge in [-0.2, -0.15) is 0 Å². The third-order valence-corrected chi connectivity index (χ3v) is 16.8. The van der Waals surface area contributed by atoms with Gasteiger partial charge in [-0.05, 0) is 136 Å². The minimum atomic E-state index is -4.41. The standard InChI is InChI=1S/C51H66N8O8S/c1-36-6-4-5-7-43(36)46-35-55(34-38-28-47(66-3)48(53-33-38)57-24-26-67-27-25-57)22-23-58(46)41-30-51(31-41)18-20-56(21-19-51)40-10-8-39(9-11-40)49(60)54-68(64,65)42-12-13-44(45(29-42)59(62)63)52-32-37-14-16-50(2,61)17-15-37/h4-13,28-29,33,37,41,46,52,61H,14-27,30-32,34-35H2,1-3H3,(H,54,60). The number of piperazine rings is 1. The largest absolute Gasteiger partial charge is 0.493 e. The Morgan fingerprint density at radius 3 is 2.35 bits per heavy atom. The van der Waals surface area contributed by atoms with Crippen molar-refractivity contribution in [1.29, 1.82) is 0 Å². The number of hydrogen-bond acceptors (Lipinski definition) is 14. The number of benzene rings is 3. The lowest BCUT2D eigenvalue weighted by Crippen LogP contribution is -2.59. The molecule has 1 aromatic heterocycles. The van der Waals surface area contributed by atoms with E-state index < -0.39 is 32.1 Å². The van der Waals surface area contributed by atoms with E-state index in [0.717, 1.165) is 107 Å². The van der Waals surface area contributed by atoms with E-state index in [1.807, 2.05) is 25.3 Å². The number of aromatic nitrogens is 1. The Hall–Kier alpha value is -5.33. The molecule has 1 atom stereocenters. The number of nitrogens with one attached hydrogen (secondary N) is 2. The lowest BCUT2D eigenvalue weighted by Gasteiger charge is -2.58. The smallest absolute Gasteiger partial charge is 0.293 e. The SMILES string of the molecule is COc1cc(CN2CCN(C3CC4(CCN(c5ccc(C(=O)NS(=O)(=O)c6ccc(NCC7CCC(C)(O)CC7)c([N+](=O)[O-])c6)cc5)CC4)C3)C(c3ccccc3C)C2)cnc1N1CCOCC1. The van der Waals surface area contributed by atoms with E-state index in [4.69, 9.17) is 14.5 Å². The van der Waals surface area contributed by atoms with Crippen molar-refractivity contribution in [1.82, 2.24) is 19.5 Å². The Bertz CT molecular complexity index is 2550. The van der Waals surface area contributed by atoms with E-state index in [2.05, 4.69) is 66.9 Å². The molecule has 3 aromatic carbocycles. The normalized spacial score (nSPS) is 23.8. The van der Waals surface area contributed by atoms with Crippen molar-refractivity contribution in [2.24, 2.45) is 11.3 Å². The number of amides is 1. The third-order valence-electron chi connectivity index (χ3n) is 15.5. The molecule has 3 saturated heterocycles. The molecule has 4 heterocycles. The molecule has 1 unspecified atom stereocenters. The van der Waals surface area contributed by atoms with Gasteiger partial charge in [-0.25, -0.2) is 18.1 Å². The molecule has 1 spiro atoms. The summed E-state index contributed by atoms with van der Waals surface area (Å²) in [4.78, 5) is 39.0. The number of nitrogens with zero attached hydrogens (tertiary/aromatic N) is 6. The quantitative estimate of drug-likeness (QED) is 0.0875. The zero-order chi connectivity index (χ0) is 47.6. The molecule has 3 N–H and O–H groups in total. The van der Waals surface area contributed by atoms with Gasteiger partial charge in [0.2, 0.25) is 0 Å². The number of anilines is 3. The molecule has 0 radical (unpaired) electrons. The van der Waals surface area contributed by atoms with Gasteiger partial charge in [-0.15, -0.1) is 0 Å². The van der Waals surface area contributed by atoms with E-state index >= 15 is 0 Å². The van der Waals surface area contributed by atoms with E-state index in [1.165, 1.54) is 36.1 Å². The molecular weight excluding hydrogens is 885 g/mol. The Kier molecular flexibility index (Phi) is 14.0. The second-order valence-electron chi connectivity index (χ2n) is 20.1. The molecular formula is C51H66N8O8S. The van der Waals surface area contributed by atoms with E-state index in [1.54, 1.807) is 19.2 Å². The average Bonchev–Trinajstić information content (AvgIpc) is 3.33. The number of carbonyl (C=O) groups excluding carboxylic acids is 1. The Labute approximate surface area is 400 Å². The molecule has 4 aromatic rings. The van der Waals surface area contributed by atoms with Gasteiger partial charge in [-0.1, -0.05) is 24.3 Å². The van der Waals surface area contributed by atoms with E-state index in [-0.39, 0.29) is 22.1 Å². The summed E-state index contributed by atoms with van der Waals surface area (Å²) in [5.74, 6) is 1.11. The van der Waals surface area contributed by atoms with Gasteiger partial charge in [0, 0.05) is 94.5 Å². The van der Waals surface area contributed by atoms with Crippen LogP contribution in [0.3, 0.4) is 0 Å². The van der Waals surface area contributed by atoms with Crippen LogP contribution in [-0.2, 0) is 21.3 Å². The molecule has 5 fully saturated rings. The van der Waals surface area contributed by atoms with Crippen molar-refractivity contribution >= 4 is 38.8 Å². The van der Waals surface area contributed by atoms with Crippen LogP contribution in [0.15, 0.2) is 83.9 Å². The maximum Gasteiger partial charge on any atom is 0.293 e. The van der Waals surface area contributed by atoms with Gasteiger partial charge < -0.3 is 29.7 Å². The highest BCUT2D eigenvalue weighted by molar-refractivity contribution is 7.90. The summed E-state index contributed by atoms with van der Waals surface area (Å²) < 4.78 is 40.2. The fourth-order valence-electron chi connectivity index (χ4n) is 11.3.